The van der Waals surface area contributed by atoms with Gasteiger partial charge in [0, 0.05) is 10.4 Å². The Morgan fingerprint density at radius 1 is 1.22 bits per heavy atom. The molecule has 2 aromatic carbocycles. The van der Waals surface area contributed by atoms with Crippen molar-refractivity contribution in [2.45, 2.75) is 18.4 Å². The molecule has 1 aliphatic rings. The normalized spacial score (nSPS) is 19.7. The molecule has 0 radical (unpaired) electrons. The van der Waals surface area contributed by atoms with E-state index in [-0.39, 0.29) is 30.0 Å². The molecule has 122 valence electrons. The Labute approximate surface area is 161 Å². The number of halogens is 2. The zero-order chi connectivity index (χ0) is 15.5. The zero-order valence-electron chi connectivity index (χ0n) is 12.7. The van der Waals surface area contributed by atoms with E-state index in [4.69, 9.17) is 10.5 Å². The molecule has 0 heterocycles. The molecule has 1 aliphatic carbocycles. The minimum atomic E-state index is 0. The number of methoxy groups -OCH3 is 1. The fourth-order valence-corrected chi connectivity index (χ4v) is 2.75. The average molecular weight is 488 g/mol. The second kappa shape index (κ2) is 8.01. The summed E-state index contributed by atoms with van der Waals surface area (Å²) in [5, 5.41) is 3.11. The van der Waals surface area contributed by atoms with Gasteiger partial charge in [0.2, 0.25) is 0 Å². The molecule has 1 saturated carbocycles. The number of hydrogen-bond acceptors (Lipinski definition) is 2. The minimum Gasteiger partial charge on any atom is -0.495 e. The van der Waals surface area contributed by atoms with Crippen LogP contribution in [0.25, 0.3) is 0 Å². The van der Waals surface area contributed by atoms with Gasteiger partial charge in [-0.15, -0.1) is 24.0 Å². The Morgan fingerprint density at radius 2 is 1.91 bits per heavy atom. The minimum absolute atomic E-state index is 0. The van der Waals surface area contributed by atoms with Crippen LogP contribution in [0.4, 0.5) is 5.69 Å². The molecular weight excluding hydrogens is 469 g/mol. The van der Waals surface area contributed by atoms with E-state index in [2.05, 4.69) is 50.5 Å². The first-order chi connectivity index (χ1) is 10.7. The van der Waals surface area contributed by atoms with Crippen molar-refractivity contribution in [3.05, 3.63) is 58.6 Å². The molecular formula is C17H19BrIN3O. The molecule has 3 N–H and O–H groups in total. The van der Waals surface area contributed by atoms with Gasteiger partial charge in [-0.3, -0.25) is 0 Å². The van der Waals surface area contributed by atoms with Crippen molar-refractivity contribution in [1.29, 1.82) is 0 Å². The number of benzene rings is 2. The molecule has 6 heteroatoms. The molecule has 2 aromatic rings. The number of nitrogens with zero attached hydrogens (tertiary/aromatic N) is 1. The lowest BCUT2D eigenvalue weighted by Gasteiger charge is -2.10. The molecule has 2 unspecified atom stereocenters. The van der Waals surface area contributed by atoms with Crippen LogP contribution in [-0.4, -0.2) is 19.1 Å². The number of nitrogens with two attached hydrogens (primary N) is 1. The number of guanidine groups is 1. The number of ether oxygens (including phenoxy) is 1. The quantitative estimate of drug-likeness (QED) is 0.382. The third-order valence-electron chi connectivity index (χ3n) is 3.73. The predicted molar refractivity (Wildman–Crippen MR) is 109 cm³/mol. The first-order valence-electron chi connectivity index (χ1n) is 7.16. The maximum Gasteiger partial charge on any atom is 0.193 e. The van der Waals surface area contributed by atoms with Crippen LogP contribution in [0, 0.1) is 0 Å². The molecule has 0 amide bonds. The monoisotopic (exact) mass is 487 g/mol. The largest absolute Gasteiger partial charge is 0.495 e. The highest BCUT2D eigenvalue weighted by Gasteiger charge is 2.38. The molecule has 0 aliphatic heterocycles. The van der Waals surface area contributed by atoms with Crippen LogP contribution in [0.3, 0.4) is 0 Å². The van der Waals surface area contributed by atoms with Gasteiger partial charge in [-0.1, -0.05) is 40.2 Å². The maximum atomic E-state index is 6.01. The fourth-order valence-electron chi connectivity index (χ4n) is 2.49. The van der Waals surface area contributed by atoms with E-state index in [0.717, 1.165) is 22.3 Å². The highest BCUT2D eigenvalue weighted by molar-refractivity contribution is 14.0. The molecule has 23 heavy (non-hydrogen) atoms. The van der Waals surface area contributed by atoms with Crippen LogP contribution in [0.2, 0.25) is 0 Å². The molecule has 3 rings (SSSR count). The van der Waals surface area contributed by atoms with Crippen molar-refractivity contribution in [2.24, 2.45) is 10.7 Å². The van der Waals surface area contributed by atoms with Gasteiger partial charge < -0.3 is 15.8 Å². The van der Waals surface area contributed by atoms with E-state index in [1.807, 2.05) is 24.3 Å². The Bertz CT molecular complexity index is 690. The number of anilines is 1. The standard InChI is InChI=1S/C17H18BrN3O.HI/c1-22-16-5-3-2-4-14(16)20-17(19)21-15-10-13(15)11-6-8-12(18)9-7-11;/h2-9,13,15H,10H2,1H3,(H3,19,20,21);1H. The van der Waals surface area contributed by atoms with Crippen LogP contribution in [-0.2, 0) is 0 Å². The fraction of sp³-hybridized carbons (Fsp3) is 0.235. The van der Waals surface area contributed by atoms with Crippen molar-refractivity contribution in [3.8, 4) is 5.75 Å². The van der Waals surface area contributed by atoms with Gasteiger partial charge >= 0.3 is 0 Å². The highest BCUT2D eigenvalue weighted by atomic mass is 127. The summed E-state index contributed by atoms with van der Waals surface area (Å²) in [6.07, 6.45) is 1.04. The Hall–Kier alpha value is -1.28. The van der Waals surface area contributed by atoms with E-state index in [1.165, 1.54) is 5.56 Å². The number of hydrogen-bond donors (Lipinski definition) is 2. The summed E-state index contributed by atoms with van der Waals surface area (Å²) in [7, 11) is 1.64. The van der Waals surface area contributed by atoms with Gasteiger partial charge in [0.25, 0.3) is 0 Å². The molecule has 0 spiro atoms. The van der Waals surface area contributed by atoms with Crippen LogP contribution >= 0.6 is 39.9 Å². The van der Waals surface area contributed by atoms with Crippen LogP contribution < -0.4 is 15.8 Å². The number of rotatable bonds is 4. The van der Waals surface area contributed by atoms with Gasteiger partial charge in [0.1, 0.15) is 5.75 Å². The summed E-state index contributed by atoms with van der Waals surface area (Å²) in [5.74, 6) is 1.64. The molecule has 0 aromatic heterocycles. The van der Waals surface area contributed by atoms with E-state index in [1.54, 1.807) is 7.11 Å². The summed E-state index contributed by atoms with van der Waals surface area (Å²) in [6.45, 7) is 0. The van der Waals surface area contributed by atoms with Gasteiger partial charge in [0.05, 0.1) is 18.8 Å². The van der Waals surface area contributed by atoms with E-state index >= 15 is 0 Å². The molecule has 4 nitrogen and oxygen atoms in total. The van der Waals surface area contributed by atoms with Crippen LogP contribution in [0.5, 0.6) is 5.75 Å². The van der Waals surface area contributed by atoms with E-state index in [0.29, 0.717) is 11.9 Å². The van der Waals surface area contributed by atoms with Gasteiger partial charge in [-0.2, -0.15) is 0 Å². The Morgan fingerprint density at radius 3 is 2.61 bits per heavy atom. The molecule has 0 saturated heterocycles. The van der Waals surface area contributed by atoms with Crippen molar-refractivity contribution in [2.75, 3.05) is 12.4 Å². The van der Waals surface area contributed by atoms with Crippen LogP contribution in [0.15, 0.2) is 58.0 Å². The zero-order valence-corrected chi connectivity index (χ0v) is 16.6. The van der Waals surface area contributed by atoms with Crippen molar-refractivity contribution in [1.82, 2.24) is 0 Å². The lowest BCUT2D eigenvalue weighted by atomic mass is 10.1. The van der Waals surface area contributed by atoms with E-state index in [9.17, 15) is 0 Å². The van der Waals surface area contributed by atoms with Crippen molar-refractivity contribution < 1.29 is 4.74 Å². The van der Waals surface area contributed by atoms with Gasteiger partial charge in [0.15, 0.2) is 5.96 Å². The van der Waals surface area contributed by atoms with Crippen molar-refractivity contribution >= 4 is 51.6 Å². The first-order valence-corrected chi connectivity index (χ1v) is 7.95. The average Bonchev–Trinajstić information content (AvgIpc) is 3.27. The highest BCUT2D eigenvalue weighted by Crippen LogP contribution is 2.43. The summed E-state index contributed by atoms with van der Waals surface area (Å²) < 4.78 is 6.38. The third-order valence-corrected chi connectivity index (χ3v) is 4.26. The first kappa shape index (κ1) is 18.1. The summed E-state index contributed by atoms with van der Waals surface area (Å²) in [4.78, 5) is 4.56. The number of nitrogens with one attached hydrogen (secondary N) is 1. The second-order valence-corrected chi connectivity index (χ2v) is 6.22. The lowest BCUT2D eigenvalue weighted by molar-refractivity contribution is 0.417. The summed E-state index contributed by atoms with van der Waals surface area (Å²) >= 11 is 3.45. The summed E-state index contributed by atoms with van der Waals surface area (Å²) in [6, 6.07) is 16.3. The number of para-hydroxylation sites is 2. The summed E-state index contributed by atoms with van der Waals surface area (Å²) in [5.41, 5.74) is 8.14. The Kier molecular flexibility index (Phi) is 6.29. The Balaban J connectivity index is 0.00000192. The number of aliphatic imine (C=N–C) groups is 1. The molecule has 0 bridgehead atoms. The van der Waals surface area contributed by atoms with Crippen molar-refractivity contribution in [3.63, 3.8) is 0 Å². The second-order valence-electron chi connectivity index (χ2n) is 5.30. The van der Waals surface area contributed by atoms with E-state index < -0.39 is 0 Å². The van der Waals surface area contributed by atoms with Crippen LogP contribution in [0.1, 0.15) is 17.9 Å². The molecule has 1 fully saturated rings. The SMILES string of the molecule is COc1ccccc1NC(N)=NC1CC1c1ccc(Br)cc1.I. The lowest BCUT2D eigenvalue weighted by Crippen LogP contribution is -2.23. The maximum absolute atomic E-state index is 6.01. The smallest absolute Gasteiger partial charge is 0.193 e. The van der Waals surface area contributed by atoms with Gasteiger partial charge in [-0.05, 0) is 36.2 Å². The van der Waals surface area contributed by atoms with Gasteiger partial charge in [-0.25, -0.2) is 4.99 Å². The topological polar surface area (TPSA) is 59.6 Å². The predicted octanol–water partition coefficient (Wildman–Crippen LogP) is 4.36. The third kappa shape index (κ3) is 4.60. The molecule has 2 atom stereocenters.